The third kappa shape index (κ3) is 11.7. The minimum atomic E-state index is -4.66. The summed E-state index contributed by atoms with van der Waals surface area (Å²) < 4.78 is 55.9. The fourth-order valence-corrected chi connectivity index (χ4v) is 4.57. The molecule has 0 spiro atoms. The van der Waals surface area contributed by atoms with E-state index in [-0.39, 0.29) is 23.4 Å². The third-order valence-electron chi connectivity index (χ3n) is 7.18. The molecule has 0 bridgehead atoms. The second kappa shape index (κ2) is 18.0. The van der Waals surface area contributed by atoms with E-state index in [1.807, 2.05) is 31.2 Å². The Morgan fingerprint density at radius 3 is 1.86 bits per heavy atom. The van der Waals surface area contributed by atoms with Crippen LogP contribution in [0.2, 0.25) is 0 Å². The molecule has 1 atom stereocenters. The summed E-state index contributed by atoms with van der Waals surface area (Å²) in [7, 11) is 0. The van der Waals surface area contributed by atoms with Crippen molar-refractivity contribution in [1.29, 1.82) is 0 Å². The summed E-state index contributed by atoms with van der Waals surface area (Å²) >= 11 is 0. The first kappa shape index (κ1) is 34.6. The predicted molar refractivity (Wildman–Crippen MR) is 164 cm³/mol. The highest BCUT2D eigenvalue weighted by atomic mass is 19.4. The van der Waals surface area contributed by atoms with Crippen LogP contribution >= 0.6 is 0 Å². The SMILES string of the molecule is CCCCCCCCOc1ccc(-c2ccc(C(=O)Oc3ccc(C(=O)O[C@@H](CCCCCC)C(F)(F)F)cn3)cc2)cc1. The summed E-state index contributed by atoms with van der Waals surface area (Å²) in [5.41, 5.74) is 1.99. The van der Waals surface area contributed by atoms with E-state index >= 15 is 0 Å². The van der Waals surface area contributed by atoms with Crippen LogP contribution in [0.25, 0.3) is 11.1 Å². The number of hydrogen-bond acceptors (Lipinski definition) is 6. The quantitative estimate of drug-likeness (QED) is 0.105. The Balaban J connectivity index is 1.49. The number of rotatable bonds is 18. The summed E-state index contributed by atoms with van der Waals surface area (Å²) in [5.74, 6) is -1.08. The minimum Gasteiger partial charge on any atom is -0.494 e. The maximum absolute atomic E-state index is 13.3. The van der Waals surface area contributed by atoms with Gasteiger partial charge in [0.2, 0.25) is 5.88 Å². The number of pyridine rings is 1. The maximum Gasteiger partial charge on any atom is 0.425 e. The Morgan fingerprint density at radius 2 is 1.27 bits per heavy atom. The van der Waals surface area contributed by atoms with Crippen molar-refractivity contribution in [3.63, 3.8) is 0 Å². The average molecular weight is 614 g/mol. The van der Waals surface area contributed by atoms with Crippen molar-refractivity contribution in [1.82, 2.24) is 4.98 Å². The fraction of sp³-hybridized carbons (Fsp3) is 0.457. The van der Waals surface area contributed by atoms with Crippen LogP contribution in [0.5, 0.6) is 11.6 Å². The Kier molecular flexibility index (Phi) is 14.2. The lowest BCUT2D eigenvalue weighted by molar-refractivity contribution is -0.206. The Labute approximate surface area is 257 Å². The van der Waals surface area contributed by atoms with Crippen molar-refractivity contribution in [2.24, 2.45) is 0 Å². The highest BCUT2D eigenvalue weighted by Crippen LogP contribution is 2.28. The van der Waals surface area contributed by atoms with E-state index in [2.05, 4.69) is 11.9 Å². The van der Waals surface area contributed by atoms with Crippen molar-refractivity contribution < 1.29 is 37.0 Å². The highest BCUT2D eigenvalue weighted by Gasteiger charge is 2.42. The van der Waals surface area contributed by atoms with Crippen LogP contribution in [0.4, 0.5) is 13.2 Å². The van der Waals surface area contributed by atoms with Crippen molar-refractivity contribution in [3.8, 4) is 22.8 Å². The number of esters is 2. The number of aromatic nitrogens is 1. The van der Waals surface area contributed by atoms with Gasteiger partial charge in [-0.15, -0.1) is 0 Å². The summed E-state index contributed by atoms with van der Waals surface area (Å²) in [6.45, 7) is 4.86. The molecule has 0 saturated carbocycles. The lowest BCUT2D eigenvalue weighted by atomic mass is 10.0. The molecular weight excluding hydrogens is 571 g/mol. The van der Waals surface area contributed by atoms with Crippen LogP contribution < -0.4 is 9.47 Å². The Morgan fingerprint density at radius 1 is 0.705 bits per heavy atom. The molecule has 1 aromatic heterocycles. The zero-order valence-corrected chi connectivity index (χ0v) is 25.5. The summed E-state index contributed by atoms with van der Waals surface area (Å²) in [6.07, 6.45) is 3.78. The number of alkyl halides is 3. The lowest BCUT2D eigenvalue weighted by Crippen LogP contribution is -2.33. The Hall–Kier alpha value is -3.88. The zero-order valence-electron chi connectivity index (χ0n) is 25.5. The molecule has 44 heavy (non-hydrogen) atoms. The van der Waals surface area contributed by atoms with Gasteiger partial charge in [-0.1, -0.05) is 89.5 Å². The van der Waals surface area contributed by atoms with Gasteiger partial charge in [0.25, 0.3) is 0 Å². The van der Waals surface area contributed by atoms with Gasteiger partial charge in [0.15, 0.2) is 6.10 Å². The first-order valence-electron chi connectivity index (χ1n) is 15.5. The normalized spacial score (nSPS) is 12.0. The standard InChI is InChI=1S/C35H42F3NO5/c1-3-5-7-9-10-12-24-42-30-21-18-27(19-22-30)26-14-16-28(17-15-26)33(40)44-32-23-20-29(25-39-32)34(41)43-31(35(36,37)38)13-11-8-6-4-2/h14-23,25,31H,3-13,24H2,1-2H3/t31-/m0/s1. The summed E-state index contributed by atoms with van der Waals surface area (Å²) in [4.78, 5) is 28.9. The molecule has 0 radical (unpaired) electrons. The van der Waals surface area contributed by atoms with E-state index in [1.165, 1.54) is 44.2 Å². The minimum absolute atomic E-state index is 0.0980. The van der Waals surface area contributed by atoms with Crippen molar-refractivity contribution in [2.45, 2.75) is 96.8 Å². The number of benzene rings is 2. The first-order chi connectivity index (χ1) is 21.2. The van der Waals surface area contributed by atoms with Crippen molar-refractivity contribution in [3.05, 3.63) is 78.0 Å². The van der Waals surface area contributed by atoms with Gasteiger partial charge in [0.1, 0.15) is 5.75 Å². The number of halogens is 3. The summed E-state index contributed by atoms with van der Waals surface area (Å²) in [6, 6.07) is 17.1. The van der Waals surface area contributed by atoms with Crippen molar-refractivity contribution in [2.75, 3.05) is 6.61 Å². The van der Waals surface area contributed by atoms with Crippen LogP contribution in [0.3, 0.4) is 0 Å². The largest absolute Gasteiger partial charge is 0.494 e. The van der Waals surface area contributed by atoms with E-state index < -0.39 is 24.2 Å². The van der Waals surface area contributed by atoms with Gasteiger partial charge in [-0.25, -0.2) is 14.6 Å². The smallest absolute Gasteiger partial charge is 0.425 e. The van der Waals surface area contributed by atoms with Crippen molar-refractivity contribution >= 4 is 11.9 Å². The third-order valence-corrected chi connectivity index (χ3v) is 7.18. The van der Waals surface area contributed by atoms with Gasteiger partial charge in [0, 0.05) is 12.3 Å². The lowest BCUT2D eigenvalue weighted by Gasteiger charge is -2.20. The number of carbonyl (C=O) groups excluding carboxylic acids is 2. The van der Waals surface area contributed by atoms with E-state index in [9.17, 15) is 22.8 Å². The average Bonchev–Trinajstić information content (AvgIpc) is 3.02. The maximum atomic E-state index is 13.3. The molecule has 0 aliphatic heterocycles. The molecule has 0 aliphatic carbocycles. The fourth-order valence-electron chi connectivity index (χ4n) is 4.57. The molecule has 0 aliphatic rings. The molecule has 3 rings (SSSR count). The van der Waals surface area contributed by atoms with Gasteiger partial charge < -0.3 is 14.2 Å². The topological polar surface area (TPSA) is 74.7 Å². The first-order valence-corrected chi connectivity index (χ1v) is 15.5. The molecule has 0 unspecified atom stereocenters. The highest BCUT2D eigenvalue weighted by molar-refractivity contribution is 5.92. The van der Waals surface area contributed by atoms with E-state index in [1.54, 1.807) is 24.3 Å². The Bertz CT molecular complexity index is 1280. The second-order valence-electron chi connectivity index (χ2n) is 10.8. The van der Waals surface area contributed by atoms with Gasteiger partial charge in [0.05, 0.1) is 17.7 Å². The molecule has 1 heterocycles. The van der Waals surface area contributed by atoms with E-state index in [4.69, 9.17) is 14.2 Å². The molecule has 0 amide bonds. The zero-order chi connectivity index (χ0) is 31.8. The summed E-state index contributed by atoms with van der Waals surface area (Å²) in [5, 5.41) is 0. The van der Waals surface area contributed by atoms with E-state index in [0.717, 1.165) is 42.3 Å². The molecule has 6 nitrogen and oxygen atoms in total. The van der Waals surface area contributed by atoms with Crippen LogP contribution in [-0.4, -0.2) is 35.8 Å². The molecule has 9 heteroatoms. The van der Waals surface area contributed by atoms with E-state index in [0.29, 0.717) is 19.4 Å². The second-order valence-corrected chi connectivity index (χ2v) is 10.8. The molecule has 3 aromatic rings. The van der Waals surface area contributed by atoms with Crippen LogP contribution in [0, 0.1) is 0 Å². The molecule has 0 saturated heterocycles. The van der Waals surface area contributed by atoms with Crippen LogP contribution in [0.1, 0.15) is 105 Å². The molecular formula is C35H42F3NO5. The molecule has 2 aromatic carbocycles. The number of nitrogens with zero attached hydrogens (tertiary/aromatic N) is 1. The number of unbranched alkanes of at least 4 members (excludes halogenated alkanes) is 8. The van der Waals surface area contributed by atoms with Gasteiger partial charge in [-0.05, 0) is 60.7 Å². The van der Waals surface area contributed by atoms with Crippen LogP contribution in [-0.2, 0) is 4.74 Å². The van der Waals surface area contributed by atoms with Gasteiger partial charge >= 0.3 is 18.1 Å². The molecule has 0 fully saturated rings. The monoisotopic (exact) mass is 613 g/mol. The number of ether oxygens (including phenoxy) is 3. The van der Waals surface area contributed by atoms with Gasteiger partial charge in [-0.3, -0.25) is 0 Å². The van der Waals surface area contributed by atoms with Crippen LogP contribution in [0.15, 0.2) is 66.9 Å². The number of carbonyl (C=O) groups is 2. The molecule has 238 valence electrons. The predicted octanol–water partition coefficient (Wildman–Crippen LogP) is 9.77. The van der Waals surface area contributed by atoms with Gasteiger partial charge in [-0.2, -0.15) is 13.2 Å². The number of hydrogen-bond donors (Lipinski definition) is 0. The molecule has 0 N–H and O–H groups in total.